The van der Waals surface area contributed by atoms with E-state index in [-0.39, 0.29) is 6.92 Å². The first-order valence-corrected chi connectivity index (χ1v) is 3.02. The second-order valence-corrected chi connectivity index (χ2v) is 2.39. The predicted molar refractivity (Wildman–Crippen MR) is 27.6 cm³/mol. The minimum absolute atomic E-state index is 0.356. The summed E-state index contributed by atoms with van der Waals surface area (Å²) in [5.41, 5.74) is 0. The first kappa shape index (κ1) is 13.4. The van der Waals surface area contributed by atoms with Gasteiger partial charge < -0.3 is 0 Å². The summed E-state index contributed by atoms with van der Waals surface area (Å²) >= 11 is 0. The van der Waals surface area contributed by atoms with E-state index in [1.165, 1.54) is 0 Å². The van der Waals surface area contributed by atoms with E-state index >= 15 is 0 Å². The van der Waals surface area contributed by atoms with E-state index in [0.717, 1.165) is 0 Å². The van der Waals surface area contributed by atoms with Crippen LogP contribution in [-0.4, -0.2) is 24.6 Å². The molecule has 0 aliphatic heterocycles. The molecule has 1 nitrogen and oxygen atoms in total. The van der Waals surface area contributed by atoms with Gasteiger partial charge in [0.1, 0.15) is 0 Å². The van der Waals surface area contributed by atoms with E-state index in [0.29, 0.717) is 0 Å². The smallest absolute Gasteiger partial charge is 0.296 e. The first-order valence-electron chi connectivity index (χ1n) is 3.02. The highest BCUT2D eigenvalue weighted by Crippen LogP contribution is 2.38. The summed E-state index contributed by atoms with van der Waals surface area (Å²) in [5, 5.41) is 0. The Hall–Kier alpha value is -0.600. The lowest BCUT2D eigenvalue weighted by Crippen LogP contribution is -2.45. The number of rotatable bonds is 2. The topological polar surface area (TPSA) is 9.23 Å². The van der Waals surface area contributed by atoms with Crippen molar-refractivity contribution in [3.63, 3.8) is 0 Å². The van der Waals surface area contributed by atoms with Crippen molar-refractivity contribution in [1.82, 2.24) is 0 Å². The Kier molecular flexibility index (Phi) is 3.37. The largest absolute Gasteiger partial charge is 0.448 e. The van der Waals surface area contributed by atoms with Gasteiger partial charge in [0.2, 0.25) is 0 Å². The zero-order chi connectivity index (χ0) is 11.8. The fourth-order valence-electron chi connectivity index (χ4n) is 0.328. The van der Waals surface area contributed by atoms with Crippen LogP contribution in [0, 0.1) is 0 Å². The monoisotopic (exact) mass is 232 g/mol. The lowest BCUT2D eigenvalue weighted by atomic mass is 10.3. The highest BCUT2D eigenvalue weighted by atomic mass is 19.4. The third kappa shape index (κ3) is 3.28. The number of hydrogen-bond acceptors (Lipinski definition) is 1. The van der Waals surface area contributed by atoms with Crippen molar-refractivity contribution < 1.29 is 39.9 Å². The predicted octanol–water partition coefficient (Wildman–Crippen LogP) is 3.11. The average molecular weight is 232 g/mol. The van der Waals surface area contributed by atoms with Crippen molar-refractivity contribution in [2.45, 2.75) is 31.5 Å². The Labute approximate surface area is 72.6 Å². The lowest BCUT2D eigenvalue weighted by molar-refractivity contribution is -0.387. The lowest BCUT2D eigenvalue weighted by Gasteiger charge is -2.26. The molecule has 0 aliphatic rings. The summed E-state index contributed by atoms with van der Waals surface area (Å²) in [7, 11) is 0. The minimum atomic E-state index is -5.73. The van der Waals surface area contributed by atoms with E-state index in [4.69, 9.17) is 0 Å². The molecule has 0 spiro atoms. The van der Waals surface area contributed by atoms with Crippen LogP contribution in [0.5, 0.6) is 0 Å². The maximum Gasteiger partial charge on any atom is 0.448 e. The van der Waals surface area contributed by atoms with Gasteiger partial charge in [-0.1, -0.05) is 0 Å². The SMILES string of the molecule is CC(F)(OC(F)C(F)(F)F)C(F)(F)F. The van der Waals surface area contributed by atoms with Gasteiger partial charge in [-0.2, -0.15) is 26.3 Å². The van der Waals surface area contributed by atoms with Crippen LogP contribution < -0.4 is 0 Å². The molecule has 0 heterocycles. The summed E-state index contributed by atoms with van der Waals surface area (Å²) in [6, 6.07) is 0. The highest BCUT2D eigenvalue weighted by molar-refractivity contribution is 4.73. The molecule has 9 heteroatoms. The molecule has 0 saturated heterocycles. The van der Waals surface area contributed by atoms with Crippen LogP contribution in [0.3, 0.4) is 0 Å². The molecular formula is C5H4F8O. The molecule has 0 radical (unpaired) electrons. The molecule has 14 heavy (non-hydrogen) atoms. The van der Waals surface area contributed by atoms with Crippen molar-refractivity contribution in [3.05, 3.63) is 0 Å². The molecule has 0 aromatic rings. The standard InChI is InChI=1S/C5H4F8O/c1-3(7,5(11,12)13)14-2(6)4(8,9)10/h2H,1H3. The molecule has 0 aromatic heterocycles. The van der Waals surface area contributed by atoms with Gasteiger partial charge in [0.05, 0.1) is 0 Å². The van der Waals surface area contributed by atoms with Gasteiger partial charge in [0, 0.05) is 6.92 Å². The first-order chi connectivity index (χ1) is 5.88. The number of hydrogen-bond donors (Lipinski definition) is 0. The second kappa shape index (κ2) is 3.52. The molecule has 0 amide bonds. The third-order valence-electron chi connectivity index (χ3n) is 1.09. The van der Waals surface area contributed by atoms with Gasteiger partial charge in [-0.05, 0) is 0 Å². The van der Waals surface area contributed by atoms with Crippen LogP contribution in [0.15, 0.2) is 0 Å². The zero-order valence-corrected chi connectivity index (χ0v) is 6.51. The Bertz CT molecular complexity index is 191. The van der Waals surface area contributed by atoms with Gasteiger partial charge in [-0.3, -0.25) is 4.74 Å². The van der Waals surface area contributed by atoms with Gasteiger partial charge in [-0.15, -0.1) is 0 Å². The van der Waals surface area contributed by atoms with Crippen LogP contribution >= 0.6 is 0 Å². The van der Waals surface area contributed by atoms with Gasteiger partial charge >= 0.3 is 18.2 Å². The molecule has 2 atom stereocenters. The van der Waals surface area contributed by atoms with Crippen LogP contribution in [-0.2, 0) is 4.74 Å². The van der Waals surface area contributed by atoms with Crippen LogP contribution in [0.4, 0.5) is 35.1 Å². The molecule has 0 bridgehead atoms. The normalized spacial score (nSPS) is 20.4. The number of ether oxygens (including phenoxy) is 1. The van der Waals surface area contributed by atoms with Crippen LogP contribution in [0.2, 0.25) is 0 Å². The Balaban J connectivity index is 4.53. The fourth-order valence-corrected chi connectivity index (χ4v) is 0.328. The molecule has 0 aromatic carbocycles. The van der Waals surface area contributed by atoms with Crippen LogP contribution in [0.25, 0.3) is 0 Å². The third-order valence-corrected chi connectivity index (χ3v) is 1.09. The van der Waals surface area contributed by atoms with Crippen molar-refractivity contribution in [2.75, 3.05) is 0 Å². The van der Waals surface area contributed by atoms with E-state index in [1.807, 2.05) is 0 Å². The molecular weight excluding hydrogens is 228 g/mol. The highest BCUT2D eigenvalue weighted by Gasteiger charge is 2.58. The average Bonchev–Trinajstić information content (AvgIpc) is 1.80. The maximum atomic E-state index is 12.3. The van der Waals surface area contributed by atoms with E-state index in [2.05, 4.69) is 4.74 Å². The molecule has 0 aliphatic carbocycles. The van der Waals surface area contributed by atoms with E-state index in [1.54, 1.807) is 0 Å². The maximum absolute atomic E-state index is 12.3. The molecule has 0 fully saturated rings. The van der Waals surface area contributed by atoms with E-state index < -0.39 is 24.6 Å². The van der Waals surface area contributed by atoms with Gasteiger partial charge in [0.15, 0.2) is 0 Å². The molecule has 2 unspecified atom stereocenters. The summed E-state index contributed by atoms with van der Waals surface area (Å²) < 4.78 is 95.4. The van der Waals surface area contributed by atoms with Crippen molar-refractivity contribution in [2.24, 2.45) is 0 Å². The Morgan fingerprint density at radius 1 is 0.929 bits per heavy atom. The number of halogens is 8. The van der Waals surface area contributed by atoms with Crippen molar-refractivity contribution in [3.8, 4) is 0 Å². The van der Waals surface area contributed by atoms with Gasteiger partial charge in [0.25, 0.3) is 6.36 Å². The van der Waals surface area contributed by atoms with Crippen molar-refractivity contribution in [1.29, 1.82) is 0 Å². The zero-order valence-electron chi connectivity index (χ0n) is 6.51. The van der Waals surface area contributed by atoms with Gasteiger partial charge in [-0.25, -0.2) is 8.78 Å². The number of alkyl halides is 8. The Morgan fingerprint density at radius 2 is 1.29 bits per heavy atom. The summed E-state index contributed by atoms with van der Waals surface area (Å²) in [6.45, 7) is -0.356. The summed E-state index contributed by atoms with van der Waals surface area (Å²) in [5.74, 6) is -4.68. The Morgan fingerprint density at radius 3 is 1.50 bits per heavy atom. The molecule has 0 rings (SSSR count). The van der Waals surface area contributed by atoms with E-state index in [9.17, 15) is 35.1 Å². The van der Waals surface area contributed by atoms with Crippen LogP contribution in [0.1, 0.15) is 6.92 Å². The molecule has 0 N–H and O–H groups in total. The summed E-state index contributed by atoms with van der Waals surface area (Å²) in [4.78, 5) is 0. The van der Waals surface area contributed by atoms with Crippen molar-refractivity contribution >= 4 is 0 Å². The molecule has 0 saturated carbocycles. The second-order valence-electron chi connectivity index (χ2n) is 2.39. The molecule has 86 valence electrons. The fraction of sp³-hybridized carbons (Fsp3) is 1.00. The summed E-state index contributed by atoms with van der Waals surface area (Å²) in [6.07, 6.45) is -15.7. The quantitative estimate of drug-likeness (QED) is 0.664. The minimum Gasteiger partial charge on any atom is -0.296 e.